The number of nitrogens with two attached hydrogens (primary N) is 1. The second kappa shape index (κ2) is 5.34. The van der Waals surface area contributed by atoms with Crippen LogP contribution in [0, 0.1) is 0 Å². The van der Waals surface area contributed by atoms with Gasteiger partial charge in [0, 0.05) is 23.6 Å². The van der Waals surface area contributed by atoms with Crippen LogP contribution in [0.25, 0.3) is 0 Å². The number of hydrogen-bond donors (Lipinski definition) is 1. The van der Waals surface area contributed by atoms with Gasteiger partial charge in [0.05, 0.1) is 11.9 Å². The van der Waals surface area contributed by atoms with E-state index < -0.39 is 6.04 Å². The minimum Gasteiger partial charge on any atom is -0.337 e. The summed E-state index contributed by atoms with van der Waals surface area (Å²) in [7, 11) is 1.84. The maximum Gasteiger partial charge on any atom is 0.248 e. The highest BCUT2D eigenvalue weighted by molar-refractivity contribution is 7.99. The average molecular weight is 281 g/mol. The summed E-state index contributed by atoms with van der Waals surface area (Å²) in [6.07, 6.45) is 3.55. The monoisotopic (exact) mass is 281 g/mol. The molecule has 0 radical (unpaired) electrons. The highest BCUT2D eigenvalue weighted by Gasteiger charge is 2.19. The summed E-state index contributed by atoms with van der Waals surface area (Å²) in [6.45, 7) is 6.46. The molecule has 0 saturated heterocycles. The SMILES string of the molecule is Cn1cc(C(N)c2nc(CSC(C)(C)C)no2)cn1. The van der Waals surface area contributed by atoms with Gasteiger partial charge >= 0.3 is 0 Å². The van der Waals surface area contributed by atoms with Crippen molar-refractivity contribution in [2.45, 2.75) is 37.3 Å². The van der Waals surface area contributed by atoms with Crippen LogP contribution in [0.3, 0.4) is 0 Å². The number of nitrogens with zero attached hydrogens (tertiary/aromatic N) is 4. The fourth-order valence-electron chi connectivity index (χ4n) is 1.48. The predicted octanol–water partition coefficient (Wildman–Crippen LogP) is 1.88. The van der Waals surface area contributed by atoms with Crippen LogP contribution >= 0.6 is 11.8 Å². The number of hydrogen-bond acceptors (Lipinski definition) is 6. The van der Waals surface area contributed by atoms with Gasteiger partial charge < -0.3 is 10.3 Å². The lowest BCUT2D eigenvalue weighted by Gasteiger charge is -2.15. The summed E-state index contributed by atoms with van der Waals surface area (Å²) in [5.41, 5.74) is 6.93. The molecule has 0 aliphatic carbocycles. The van der Waals surface area contributed by atoms with Gasteiger partial charge in [0.1, 0.15) is 6.04 Å². The van der Waals surface area contributed by atoms with Gasteiger partial charge in [-0.25, -0.2) is 0 Å². The highest BCUT2D eigenvalue weighted by atomic mass is 32.2. The minimum absolute atomic E-state index is 0.173. The summed E-state index contributed by atoms with van der Waals surface area (Å²) >= 11 is 1.77. The summed E-state index contributed by atoms with van der Waals surface area (Å²) < 4.78 is 7.09. The summed E-state index contributed by atoms with van der Waals surface area (Å²) in [4.78, 5) is 4.34. The van der Waals surface area contributed by atoms with Crippen LogP contribution in [0.4, 0.5) is 0 Å². The van der Waals surface area contributed by atoms with Crippen LogP contribution in [0.2, 0.25) is 0 Å². The highest BCUT2D eigenvalue weighted by Crippen LogP contribution is 2.26. The molecule has 2 aromatic heterocycles. The van der Waals surface area contributed by atoms with Gasteiger partial charge in [-0.1, -0.05) is 25.9 Å². The molecule has 0 bridgehead atoms. The molecule has 1 atom stereocenters. The van der Waals surface area contributed by atoms with Gasteiger partial charge in [0.2, 0.25) is 5.89 Å². The molecule has 104 valence electrons. The first-order valence-electron chi connectivity index (χ1n) is 6.06. The average Bonchev–Trinajstić information content (AvgIpc) is 2.93. The van der Waals surface area contributed by atoms with E-state index in [1.54, 1.807) is 22.6 Å². The first kappa shape index (κ1) is 14.1. The first-order valence-corrected chi connectivity index (χ1v) is 7.04. The molecule has 2 aromatic rings. The van der Waals surface area contributed by atoms with Crippen molar-refractivity contribution < 1.29 is 4.52 Å². The molecular formula is C12H19N5OS. The number of rotatable bonds is 4. The Morgan fingerprint density at radius 3 is 2.79 bits per heavy atom. The fraction of sp³-hybridized carbons (Fsp3) is 0.583. The van der Waals surface area contributed by atoms with Crippen molar-refractivity contribution in [2.75, 3.05) is 0 Å². The smallest absolute Gasteiger partial charge is 0.248 e. The predicted molar refractivity (Wildman–Crippen MR) is 74.6 cm³/mol. The van der Waals surface area contributed by atoms with Crippen molar-refractivity contribution >= 4 is 11.8 Å². The summed E-state index contributed by atoms with van der Waals surface area (Å²) in [6, 6.07) is -0.422. The van der Waals surface area contributed by atoms with Gasteiger partial charge in [-0.05, 0) is 0 Å². The van der Waals surface area contributed by atoms with Crippen LogP contribution in [-0.4, -0.2) is 24.7 Å². The Kier molecular flexibility index (Phi) is 3.96. The largest absolute Gasteiger partial charge is 0.337 e. The minimum atomic E-state index is -0.422. The Bertz CT molecular complexity index is 542. The van der Waals surface area contributed by atoms with E-state index in [1.165, 1.54) is 0 Å². The van der Waals surface area contributed by atoms with Crippen LogP contribution in [0.1, 0.15) is 44.1 Å². The first-order chi connectivity index (χ1) is 8.85. The standard InChI is InChI=1S/C12H19N5OS/c1-12(2,3)19-7-9-15-11(18-16-9)10(13)8-5-14-17(4)6-8/h5-6,10H,7,13H2,1-4H3. The Hall–Kier alpha value is -1.34. The fourth-order valence-corrected chi connectivity index (χ4v) is 2.16. The third-order valence-corrected chi connectivity index (χ3v) is 3.74. The number of thioether (sulfide) groups is 1. The Morgan fingerprint density at radius 2 is 2.21 bits per heavy atom. The van der Waals surface area contributed by atoms with Crippen LogP contribution in [-0.2, 0) is 12.8 Å². The van der Waals surface area contributed by atoms with Crippen molar-refractivity contribution in [3.05, 3.63) is 29.7 Å². The molecule has 6 nitrogen and oxygen atoms in total. The summed E-state index contributed by atoms with van der Waals surface area (Å²) in [5.74, 6) is 1.82. The molecule has 0 amide bonds. The van der Waals surface area contributed by atoms with E-state index in [2.05, 4.69) is 36.0 Å². The van der Waals surface area contributed by atoms with Crippen molar-refractivity contribution in [2.24, 2.45) is 12.8 Å². The van der Waals surface area contributed by atoms with E-state index in [0.717, 1.165) is 5.56 Å². The molecule has 19 heavy (non-hydrogen) atoms. The van der Waals surface area contributed by atoms with E-state index in [4.69, 9.17) is 10.3 Å². The number of aryl methyl sites for hydroxylation is 1. The lowest BCUT2D eigenvalue weighted by molar-refractivity contribution is 0.363. The molecule has 7 heteroatoms. The molecule has 0 spiro atoms. The lowest BCUT2D eigenvalue weighted by Crippen LogP contribution is -2.12. The molecule has 2 N–H and O–H groups in total. The molecule has 1 unspecified atom stereocenters. The Morgan fingerprint density at radius 1 is 1.47 bits per heavy atom. The molecule has 2 heterocycles. The zero-order chi connectivity index (χ0) is 14.0. The maximum atomic E-state index is 6.07. The van der Waals surface area contributed by atoms with E-state index >= 15 is 0 Å². The van der Waals surface area contributed by atoms with Gasteiger partial charge in [-0.15, -0.1) is 11.8 Å². The lowest BCUT2D eigenvalue weighted by atomic mass is 10.2. The van der Waals surface area contributed by atoms with E-state index in [-0.39, 0.29) is 4.75 Å². The second-order valence-corrected chi connectivity index (χ2v) is 7.18. The molecular weight excluding hydrogens is 262 g/mol. The number of aromatic nitrogens is 4. The van der Waals surface area contributed by atoms with Crippen molar-refractivity contribution in [3.8, 4) is 0 Å². The normalized spacial score (nSPS) is 13.7. The molecule has 0 saturated carbocycles. The Labute approximate surface area is 116 Å². The van der Waals surface area contributed by atoms with E-state index in [0.29, 0.717) is 17.5 Å². The van der Waals surface area contributed by atoms with Crippen LogP contribution in [0.15, 0.2) is 16.9 Å². The molecule has 0 fully saturated rings. The third-order valence-electron chi connectivity index (χ3n) is 2.47. The third kappa shape index (κ3) is 3.81. The maximum absolute atomic E-state index is 6.07. The van der Waals surface area contributed by atoms with Gasteiger partial charge in [0.25, 0.3) is 0 Å². The zero-order valence-corrected chi connectivity index (χ0v) is 12.4. The van der Waals surface area contributed by atoms with Crippen LogP contribution < -0.4 is 5.73 Å². The van der Waals surface area contributed by atoms with Crippen molar-refractivity contribution in [1.82, 2.24) is 19.9 Å². The molecule has 0 aliphatic heterocycles. The van der Waals surface area contributed by atoms with Gasteiger partial charge in [-0.2, -0.15) is 10.1 Å². The van der Waals surface area contributed by atoms with Crippen molar-refractivity contribution in [1.29, 1.82) is 0 Å². The van der Waals surface area contributed by atoms with Gasteiger partial charge in [0.15, 0.2) is 5.82 Å². The topological polar surface area (TPSA) is 82.8 Å². The van der Waals surface area contributed by atoms with E-state index in [1.807, 2.05) is 13.2 Å². The van der Waals surface area contributed by atoms with E-state index in [9.17, 15) is 0 Å². The molecule has 0 aliphatic rings. The second-order valence-electron chi connectivity index (χ2n) is 5.37. The molecule has 2 rings (SSSR count). The summed E-state index contributed by atoms with van der Waals surface area (Å²) in [5, 5.41) is 8.04. The van der Waals surface area contributed by atoms with Gasteiger partial charge in [-0.3, -0.25) is 4.68 Å². The zero-order valence-electron chi connectivity index (χ0n) is 11.6. The van der Waals surface area contributed by atoms with Crippen LogP contribution in [0.5, 0.6) is 0 Å². The molecule has 0 aromatic carbocycles. The van der Waals surface area contributed by atoms with Crippen molar-refractivity contribution in [3.63, 3.8) is 0 Å². The quantitative estimate of drug-likeness (QED) is 0.921. The Balaban J connectivity index is 2.04.